The summed E-state index contributed by atoms with van der Waals surface area (Å²) in [6.45, 7) is 3.05. The maximum atomic E-state index is 5.74. The summed E-state index contributed by atoms with van der Waals surface area (Å²) in [5, 5.41) is 0. The van der Waals surface area contributed by atoms with Gasteiger partial charge in [0.15, 0.2) is 17.8 Å². The van der Waals surface area contributed by atoms with Gasteiger partial charge in [-0.2, -0.15) is 0 Å². The van der Waals surface area contributed by atoms with Crippen LogP contribution in [-0.2, 0) is 9.47 Å². The molecule has 0 aliphatic carbocycles. The van der Waals surface area contributed by atoms with E-state index in [0.717, 1.165) is 11.3 Å². The summed E-state index contributed by atoms with van der Waals surface area (Å²) < 4.78 is 21.9. The van der Waals surface area contributed by atoms with E-state index in [0.29, 0.717) is 24.8 Å². The highest BCUT2D eigenvalue weighted by atomic mass is 35.5. The standard InChI is InChI=1S/C13H17ClO4/c1-3-16-11-5-4-9(6-12(11)15-2)13-17-8-10(7-14)18-13/h4-6,10,13H,3,7-8H2,1-2H3/t10-,13+/m0/s1. The lowest BCUT2D eigenvalue weighted by Crippen LogP contribution is -2.10. The second kappa shape index (κ2) is 6.27. The Labute approximate surface area is 112 Å². The normalized spacial score (nSPS) is 23.1. The number of hydrogen-bond donors (Lipinski definition) is 0. The van der Waals surface area contributed by atoms with Crippen molar-refractivity contribution in [1.29, 1.82) is 0 Å². The highest BCUT2D eigenvalue weighted by Gasteiger charge is 2.27. The fraction of sp³-hybridized carbons (Fsp3) is 0.538. The predicted octanol–water partition coefficient (Wildman–Crippen LogP) is 2.75. The van der Waals surface area contributed by atoms with Crippen LogP contribution in [0.2, 0.25) is 0 Å². The third-order valence-corrected chi connectivity index (χ3v) is 3.03. The Balaban J connectivity index is 2.14. The van der Waals surface area contributed by atoms with E-state index in [9.17, 15) is 0 Å². The lowest BCUT2D eigenvalue weighted by molar-refractivity contribution is -0.0568. The van der Waals surface area contributed by atoms with E-state index in [4.69, 9.17) is 30.5 Å². The zero-order valence-corrected chi connectivity index (χ0v) is 11.3. The van der Waals surface area contributed by atoms with Crippen LogP contribution in [0.3, 0.4) is 0 Å². The van der Waals surface area contributed by atoms with Gasteiger partial charge in [-0.1, -0.05) is 6.07 Å². The minimum absolute atomic E-state index is 0.0470. The Hall–Kier alpha value is -0.970. The molecule has 1 aliphatic rings. The van der Waals surface area contributed by atoms with E-state index < -0.39 is 0 Å². The molecule has 0 N–H and O–H groups in total. The number of rotatable bonds is 5. The summed E-state index contributed by atoms with van der Waals surface area (Å²) in [5.74, 6) is 1.83. The fourth-order valence-electron chi connectivity index (χ4n) is 1.81. The van der Waals surface area contributed by atoms with Crippen LogP contribution in [0, 0.1) is 0 Å². The van der Waals surface area contributed by atoms with Crippen LogP contribution in [-0.4, -0.2) is 32.3 Å². The molecule has 0 unspecified atom stereocenters. The molecule has 0 spiro atoms. The smallest absolute Gasteiger partial charge is 0.184 e. The van der Waals surface area contributed by atoms with Crippen molar-refractivity contribution in [1.82, 2.24) is 0 Å². The number of methoxy groups -OCH3 is 1. The van der Waals surface area contributed by atoms with Crippen molar-refractivity contribution < 1.29 is 18.9 Å². The van der Waals surface area contributed by atoms with Crippen LogP contribution < -0.4 is 9.47 Å². The Kier molecular flexibility index (Phi) is 4.69. The van der Waals surface area contributed by atoms with Crippen molar-refractivity contribution in [2.75, 3.05) is 26.2 Å². The molecular weight excluding hydrogens is 256 g/mol. The lowest BCUT2D eigenvalue weighted by Gasteiger charge is -2.14. The molecule has 1 heterocycles. The van der Waals surface area contributed by atoms with Crippen molar-refractivity contribution in [3.05, 3.63) is 23.8 Å². The monoisotopic (exact) mass is 272 g/mol. The Bertz CT molecular complexity index is 397. The summed E-state index contributed by atoms with van der Waals surface area (Å²) in [5.41, 5.74) is 0.905. The van der Waals surface area contributed by atoms with Crippen LogP contribution in [0.4, 0.5) is 0 Å². The molecule has 1 saturated heterocycles. The molecule has 18 heavy (non-hydrogen) atoms. The summed E-state index contributed by atoms with van der Waals surface area (Å²) >= 11 is 5.74. The van der Waals surface area contributed by atoms with Gasteiger partial charge in [-0.3, -0.25) is 0 Å². The van der Waals surface area contributed by atoms with Gasteiger partial charge in [-0.05, 0) is 19.1 Å². The van der Waals surface area contributed by atoms with Crippen molar-refractivity contribution in [2.24, 2.45) is 0 Å². The Morgan fingerprint density at radius 3 is 2.83 bits per heavy atom. The first-order valence-electron chi connectivity index (χ1n) is 5.92. The highest BCUT2D eigenvalue weighted by molar-refractivity contribution is 6.18. The third-order valence-electron chi connectivity index (χ3n) is 2.68. The maximum absolute atomic E-state index is 5.74. The van der Waals surface area contributed by atoms with Gasteiger partial charge in [-0.25, -0.2) is 0 Å². The number of benzene rings is 1. The average molecular weight is 273 g/mol. The van der Waals surface area contributed by atoms with Gasteiger partial charge in [0.2, 0.25) is 0 Å². The Morgan fingerprint density at radius 1 is 1.39 bits per heavy atom. The summed E-state index contributed by atoms with van der Waals surface area (Å²) in [7, 11) is 1.61. The molecule has 1 aromatic carbocycles. The molecule has 1 aromatic rings. The van der Waals surface area contributed by atoms with Crippen molar-refractivity contribution >= 4 is 11.6 Å². The largest absolute Gasteiger partial charge is 0.493 e. The summed E-state index contributed by atoms with van der Waals surface area (Å²) in [6, 6.07) is 5.64. The number of halogens is 1. The van der Waals surface area contributed by atoms with Gasteiger partial charge in [0, 0.05) is 5.56 Å². The second-order valence-electron chi connectivity index (χ2n) is 3.92. The van der Waals surface area contributed by atoms with E-state index in [-0.39, 0.29) is 12.4 Å². The molecule has 4 nitrogen and oxygen atoms in total. The quantitative estimate of drug-likeness (QED) is 0.773. The third kappa shape index (κ3) is 2.88. The first-order chi connectivity index (χ1) is 8.78. The maximum Gasteiger partial charge on any atom is 0.184 e. The van der Waals surface area contributed by atoms with Gasteiger partial charge >= 0.3 is 0 Å². The molecule has 0 bridgehead atoms. The summed E-state index contributed by atoms with van der Waals surface area (Å²) in [4.78, 5) is 0. The molecular formula is C13H17ClO4. The highest BCUT2D eigenvalue weighted by Crippen LogP contribution is 2.34. The molecule has 100 valence electrons. The van der Waals surface area contributed by atoms with Gasteiger partial charge in [0.1, 0.15) is 0 Å². The zero-order chi connectivity index (χ0) is 13.0. The van der Waals surface area contributed by atoms with Gasteiger partial charge in [-0.15, -0.1) is 11.6 Å². The van der Waals surface area contributed by atoms with Crippen LogP contribution in [0.15, 0.2) is 18.2 Å². The lowest BCUT2D eigenvalue weighted by atomic mass is 10.2. The SMILES string of the molecule is CCOc1ccc([C@@H]2OC[C@H](CCl)O2)cc1OC. The van der Waals surface area contributed by atoms with Crippen LogP contribution in [0.1, 0.15) is 18.8 Å². The Morgan fingerprint density at radius 2 is 2.22 bits per heavy atom. The van der Waals surface area contributed by atoms with E-state index >= 15 is 0 Å². The average Bonchev–Trinajstić information content (AvgIpc) is 2.88. The number of ether oxygens (including phenoxy) is 4. The van der Waals surface area contributed by atoms with Gasteiger partial charge in [0.25, 0.3) is 0 Å². The molecule has 2 atom stereocenters. The fourth-order valence-corrected chi connectivity index (χ4v) is 1.97. The molecule has 0 aromatic heterocycles. The molecule has 0 radical (unpaired) electrons. The molecule has 2 rings (SSSR count). The second-order valence-corrected chi connectivity index (χ2v) is 4.23. The van der Waals surface area contributed by atoms with E-state index in [1.54, 1.807) is 7.11 Å². The van der Waals surface area contributed by atoms with E-state index in [1.807, 2.05) is 25.1 Å². The minimum atomic E-state index is -0.377. The minimum Gasteiger partial charge on any atom is -0.493 e. The first-order valence-corrected chi connectivity index (χ1v) is 6.45. The number of hydrogen-bond acceptors (Lipinski definition) is 4. The van der Waals surface area contributed by atoms with Gasteiger partial charge in [0.05, 0.1) is 32.3 Å². The predicted molar refractivity (Wildman–Crippen MR) is 68.4 cm³/mol. The molecule has 5 heteroatoms. The molecule has 1 aliphatic heterocycles. The first kappa shape index (κ1) is 13.5. The van der Waals surface area contributed by atoms with Crippen LogP contribution in [0.5, 0.6) is 11.5 Å². The molecule has 0 saturated carbocycles. The van der Waals surface area contributed by atoms with Crippen LogP contribution in [0.25, 0.3) is 0 Å². The molecule has 1 fully saturated rings. The molecule has 0 amide bonds. The van der Waals surface area contributed by atoms with Crippen molar-refractivity contribution in [3.63, 3.8) is 0 Å². The topological polar surface area (TPSA) is 36.9 Å². The van der Waals surface area contributed by atoms with E-state index in [1.165, 1.54) is 0 Å². The van der Waals surface area contributed by atoms with Crippen molar-refractivity contribution in [2.45, 2.75) is 19.3 Å². The number of alkyl halides is 1. The van der Waals surface area contributed by atoms with Gasteiger partial charge < -0.3 is 18.9 Å². The van der Waals surface area contributed by atoms with Crippen LogP contribution >= 0.6 is 11.6 Å². The van der Waals surface area contributed by atoms with Crippen molar-refractivity contribution in [3.8, 4) is 11.5 Å². The zero-order valence-electron chi connectivity index (χ0n) is 10.5. The van der Waals surface area contributed by atoms with E-state index in [2.05, 4.69) is 0 Å². The summed E-state index contributed by atoms with van der Waals surface area (Å²) in [6.07, 6.45) is -0.424.